The molecule has 0 bridgehead atoms. The molecule has 1 N–H and O–H groups in total. The van der Waals surface area contributed by atoms with Gasteiger partial charge in [0.1, 0.15) is 17.4 Å². The monoisotopic (exact) mass is 248 g/mol. The SMILES string of the molecule is COC(=O)c1nc(CC(C)=O)n2ccc(O)cc12. The second-order valence-electron chi connectivity index (χ2n) is 3.89. The Morgan fingerprint density at radius 3 is 2.83 bits per heavy atom. The first-order chi connectivity index (χ1) is 8.52. The highest BCUT2D eigenvalue weighted by Crippen LogP contribution is 2.19. The van der Waals surface area contributed by atoms with E-state index < -0.39 is 5.97 Å². The van der Waals surface area contributed by atoms with Crippen molar-refractivity contribution in [3.63, 3.8) is 0 Å². The summed E-state index contributed by atoms with van der Waals surface area (Å²) >= 11 is 0. The molecule has 0 unspecified atom stereocenters. The number of pyridine rings is 1. The van der Waals surface area contributed by atoms with E-state index in [9.17, 15) is 14.7 Å². The molecule has 94 valence electrons. The van der Waals surface area contributed by atoms with E-state index in [1.165, 1.54) is 26.2 Å². The Kier molecular flexibility index (Phi) is 3.01. The van der Waals surface area contributed by atoms with Crippen molar-refractivity contribution in [3.8, 4) is 5.75 Å². The number of rotatable bonds is 3. The van der Waals surface area contributed by atoms with E-state index in [-0.39, 0.29) is 23.6 Å². The molecule has 0 saturated heterocycles. The van der Waals surface area contributed by atoms with Crippen molar-refractivity contribution in [2.24, 2.45) is 0 Å². The highest BCUT2D eigenvalue weighted by molar-refractivity contribution is 5.95. The van der Waals surface area contributed by atoms with Crippen molar-refractivity contribution in [1.29, 1.82) is 0 Å². The van der Waals surface area contributed by atoms with Gasteiger partial charge in [0, 0.05) is 12.3 Å². The minimum absolute atomic E-state index is 0.0157. The number of carbonyl (C=O) groups excluding carboxylic acids is 2. The molecule has 0 aromatic carbocycles. The average molecular weight is 248 g/mol. The number of nitrogens with zero attached hydrogens (tertiary/aromatic N) is 2. The van der Waals surface area contributed by atoms with Crippen LogP contribution in [0.15, 0.2) is 18.3 Å². The Bertz CT molecular complexity index is 630. The van der Waals surface area contributed by atoms with E-state index in [0.717, 1.165) is 0 Å². The van der Waals surface area contributed by atoms with Gasteiger partial charge in [0.2, 0.25) is 0 Å². The van der Waals surface area contributed by atoms with Crippen LogP contribution in [0.25, 0.3) is 5.52 Å². The topological polar surface area (TPSA) is 80.9 Å². The number of hydrogen-bond donors (Lipinski definition) is 1. The van der Waals surface area contributed by atoms with E-state index in [1.54, 1.807) is 10.6 Å². The number of methoxy groups -OCH3 is 1. The zero-order valence-corrected chi connectivity index (χ0v) is 10.0. The van der Waals surface area contributed by atoms with Crippen LogP contribution in [0.3, 0.4) is 0 Å². The molecule has 0 spiro atoms. The van der Waals surface area contributed by atoms with Gasteiger partial charge < -0.3 is 14.2 Å². The molecule has 0 saturated carbocycles. The van der Waals surface area contributed by atoms with Crippen LogP contribution in [-0.2, 0) is 16.0 Å². The first kappa shape index (κ1) is 12.1. The summed E-state index contributed by atoms with van der Waals surface area (Å²) in [6.07, 6.45) is 1.67. The molecule has 0 radical (unpaired) electrons. The quantitative estimate of drug-likeness (QED) is 0.818. The molecule has 2 heterocycles. The summed E-state index contributed by atoms with van der Waals surface area (Å²) in [4.78, 5) is 26.8. The zero-order valence-electron chi connectivity index (χ0n) is 10.0. The summed E-state index contributed by atoms with van der Waals surface area (Å²) in [5.41, 5.74) is 0.503. The van der Waals surface area contributed by atoms with E-state index in [4.69, 9.17) is 0 Å². The number of carbonyl (C=O) groups is 2. The van der Waals surface area contributed by atoms with Crippen LogP contribution in [0, 0.1) is 0 Å². The second-order valence-corrected chi connectivity index (χ2v) is 3.89. The first-order valence-corrected chi connectivity index (χ1v) is 5.30. The predicted molar refractivity (Wildman–Crippen MR) is 62.6 cm³/mol. The Morgan fingerprint density at radius 1 is 1.50 bits per heavy atom. The lowest BCUT2D eigenvalue weighted by Gasteiger charge is -1.99. The number of imidazole rings is 1. The fourth-order valence-electron chi connectivity index (χ4n) is 1.73. The van der Waals surface area contributed by atoms with Gasteiger partial charge in [-0.05, 0) is 13.0 Å². The van der Waals surface area contributed by atoms with E-state index in [2.05, 4.69) is 9.72 Å². The van der Waals surface area contributed by atoms with E-state index in [0.29, 0.717) is 11.3 Å². The zero-order chi connectivity index (χ0) is 13.3. The fourth-order valence-corrected chi connectivity index (χ4v) is 1.73. The van der Waals surface area contributed by atoms with Crippen LogP contribution < -0.4 is 0 Å². The third kappa shape index (κ3) is 2.04. The second kappa shape index (κ2) is 4.48. The average Bonchev–Trinajstić information content (AvgIpc) is 2.65. The third-order valence-corrected chi connectivity index (χ3v) is 2.49. The van der Waals surface area contributed by atoms with Crippen molar-refractivity contribution in [1.82, 2.24) is 9.38 Å². The van der Waals surface area contributed by atoms with Gasteiger partial charge in [0.15, 0.2) is 5.69 Å². The van der Waals surface area contributed by atoms with Gasteiger partial charge in [0.05, 0.1) is 19.0 Å². The summed E-state index contributed by atoms with van der Waals surface area (Å²) < 4.78 is 6.21. The maximum Gasteiger partial charge on any atom is 0.358 e. The molecule has 2 aromatic rings. The number of Topliss-reactive ketones (excluding diaryl/α,β-unsaturated/α-hetero) is 1. The summed E-state index contributed by atoms with van der Waals surface area (Å²) in [5, 5.41) is 9.44. The minimum Gasteiger partial charge on any atom is -0.508 e. The van der Waals surface area contributed by atoms with Crippen molar-refractivity contribution >= 4 is 17.3 Å². The number of aromatic nitrogens is 2. The number of fused-ring (bicyclic) bond motifs is 1. The molecule has 0 amide bonds. The number of ketones is 1. The molecule has 18 heavy (non-hydrogen) atoms. The molecule has 6 nitrogen and oxygen atoms in total. The lowest BCUT2D eigenvalue weighted by Crippen LogP contribution is -2.03. The van der Waals surface area contributed by atoms with Crippen molar-refractivity contribution < 1.29 is 19.4 Å². The Balaban J connectivity index is 2.66. The van der Waals surface area contributed by atoms with Crippen LogP contribution in [-0.4, -0.2) is 33.4 Å². The Morgan fingerprint density at radius 2 is 2.22 bits per heavy atom. The van der Waals surface area contributed by atoms with Gasteiger partial charge >= 0.3 is 5.97 Å². The molecular weight excluding hydrogens is 236 g/mol. The highest BCUT2D eigenvalue weighted by Gasteiger charge is 2.18. The number of hydrogen-bond acceptors (Lipinski definition) is 5. The highest BCUT2D eigenvalue weighted by atomic mass is 16.5. The van der Waals surface area contributed by atoms with Crippen molar-refractivity contribution in [2.75, 3.05) is 7.11 Å². The molecule has 0 aliphatic heterocycles. The largest absolute Gasteiger partial charge is 0.508 e. The molecular formula is C12H12N2O4. The smallest absolute Gasteiger partial charge is 0.358 e. The van der Waals surface area contributed by atoms with Crippen molar-refractivity contribution in [2.45, 2.75) is 13.3 Å². The van der Waals surface area contributed by atoms with Crippen LogP contribution in [0.2, 0.25) is 0 Å². The van der Waals surface area contributed by atoms with Crippen LogP contribution >= 0.6 is 0 Å². The lowest BCUT2D eigenvalue weighted by atomic mass is 10.3. The molecule has 0 aliphatic rings. The maximum absolute atomic E-state index is 11.6. The van der Waals surface area contributed by atoms with Gasteiger partial charge in [-0.15, -0.1) is 0 Å². The van der Waals surface area contributed by atoms with Gasteiger partial charge in [-0.1, -0.05) is 0 Å². The molecule has 6 heteroatoms. The third-order valence-electron chi connectivity index (χ3n) is 2.49. The first-order valence-electron chi connectivity index (χ1n) is 5.30. The predicted octanol–water partition coefficient (Wildman–Crippen LogP) is 0.958. The molecule has 2 aromatic heterocycles. The van der Waals surface area contributed by atoms with Gasteiger partial charge in [0.25, 0.3) is 0 Å². The minimum atomic E-state index is -0.604. The van der Waals surface area contributed by atoms with Gasteiger partial charge in [-0.3, -0.25) is 4.79 Å². The molecule has 0 fully saturated rings. The summed E-state index contributed by atoms with van der Waals surface area (Å²) in [5.74, 6) is -0.209. The van der Waals surface area contributed by atoms with E-state index in [1.807, 2.05) is 0 Å². The van der Waals surface area contributed by atoms with Gasteiger partial charge in [-0.2, -0.15) is 0 Å². The number of aromatic hydroxyl groups is 1. The number of esters is 1. The van der Waals surface area contributed by atoms with Crippen molar-refractivity contribution in [3.05, 3.63) is 29.8 Å². The Hall–Kier alpha value is -2.37. The summed E-state index contributed by atoms with van der Waals surface area (Å²) in [6, 6.07) is 2.86. The van der Waals surface area contributed by atoms with E-state index >= 15 is 0 Å². The normalized spacial score (nSPS) is 10.6. The summed E-state index contributed by atoms with van der Waals surface area (Å²) in [6.45, 7) is 1.44. The number of ether oxygens (including phenoxy) is 1. The van der Waals surface area contributed by atoms with Gasteiger partial charge in [-0.25, -0.2) is 9.78 Å². The Labute approximate surface area is 103 Å². The molecule has 0 atom stereocenters. The maximum atomic E-state index is 11.6. The summed E-state index contributed by atoms with van der Waals surface area (Å²) in [7, 11) is 1.25. The van der Waals surface area contributed by atoms with Crippen LogP contribution in [0.4, 0.5) is 0 Å². The fraction of sp³-hybridized carbons (Fsp3) is 0.250. The van der Waals surface area contributed by atoms with Crippen LogP contribution in [0.1, 0.15) is 23.2 Å². The molecule has 2 rings (SSSR count). The molecule has 0 aliphatic carbocycles. The lowest BCUT2D eigenvalue weighted by molar-refractivity contribution is -0.116. The standard InChI is InChI=1S/C12H12N2O4/c1-7(15)5-10-13-11(12(17)18-2)9-6-8(16)3-4-14(9)10/h3-4,6,16H,5H2,1-2H3. The van der Waals surface area contributed by atoms with Crippen LogP contribution in [0.5, 0.6) is 5.75 Å².